The van der Waals surface area contributed by atoms with Gasteiger partial charge in [-0.3, -0.25) is 14.4 Å². The number of thioether (sulfide) groups is 1. The predicted octanol–water partition coefficient (Wildman–Crippen LogP) is 3.56. The van der Waals surface area contributed by atoms with Gasteiger partial charge in [0.25, 0.3) is 5.91 Å². The number of carbonyl (C=O) groups excluding carboxylic acids is 3. The van der Waals surface area contributed by atoms with E-state index in [9.17, 15) is 14.4 Å². The molecule has 0 saturated carbocycles. The van der Waals surface area contributed by atoms with Gasteiger partial charge < -0.3 is 10.1 Å². The van der Waals surface area contributed by atoms with E-state index in [1.807, 2.05) is 11.4 Å². The zero-order chi connectivity index (χ0) is 20.1. The Balaban J connectivity index is 1.56. The summed E-state index contributed by atoms with van der Waals surface area (Å²) >= 11 is 2.73. The minimum absolute atomic E-state index is 0.0175. The number of para-hydroxylation sites is 1. The lowest BCUT2D eigenvalue weighted by Gasteiger charge is -2.15. The molecule has 0 aliphatic heterocycles. The van der Waals surface area contributed by atoms with Gasteiger partial charge in [0.15, 0.2) is 11.9 Å². The molecule has 7 nitrogen and oxygen atoms in total. The van der Waals surface area contributed by atoms with E-state index in [1.165, 1.54) is 43.3 Å². The summed E-state index contributed by atoms with van der Waals surface area (Å²) in [6.45, 7) is 2.90. The minimum atomic E-state index is -1.00. The fourth-order valence-electron chi connectivity index (χ4n) is 2.43. The number of amides is 1. The molecule has 1 amide bonds. The van der Waals surface area contributed by atoms with E-state index in [0.29, 0.717) is 16.3 Å². The summed E-state index contributed by atoms with van der Waals surface area (Å²) in [7, 11) is 0. The lowest BCUT2D eigenvalue weighted by molar-refractivity contribution is -0.150. The van der Waals surface area contributed by atoms with Crippen molar-refractivity contribution in [2.75, 3.05) is 11.1 Å². The fourth-order valence-corrected chi connectivity index (χ4v) is 3.99. The molecule has 3 aromatic rings. The van der Waals surface area contributed by atoms with Crippen molar-refractivity contribution in [3.8, 4) is 0 Å². The molecule has 0 unspecified atom stereocenters. The zero-order valence-electron chi connectivity index (χ0n) is 15.2. The van der Waals surface area contributed by atoms with Crippen molar-refractivity contribution < 1.29 is 19.1 Å². The first-order valence-corrected chi connectivity index (χ1v) is 10.2. The number of hydrogen-bond donors (Lipinski definition) is 1. The molecule has 2 aromatic heterocycles. The SMILES string of the molecule is CC(=O)c1ccccc1NC(=O)[C@@H](C)OC(=O)CSc1ncnc2sccc12. The molecule has 1 atom stereocenters. The molecule has 0 bridgehead atoms. The average molecular weight is 415 g/mol. The van der Waals surface area contributed by atoms with Crippen molar-refractivity contribution in [2.45, 2.75) is 25.0 Å². The van der Waals surface area contributed by atoms with Crippen LogP contribution in [0.3, 0.4) is 0 Å². The number of thiophene rings is 1. The zero-order valence-corrected chi connectivity index (χ0v) is 16.8. The topological polar surface area (TPSA) is 98.2 Å². The smallest absolute Gasteiger partial charge is 0.317 e. The van der Waals surface area contributed by atoms with Gasteiger partial charge in [0.2, 0.25) is 0 Å². The maximum Gasteiger partial charge on any atom is 0.317 e. The number of ketones is 1. The van der Waals surface area contributed by atoms with Crippen LogP contribution in [-0.2, 0) is 14.3 Å². The monoisotopic (exact) mass is 415 g/mol. The van der Waals surface area contributed by atoms with Crippen molar-refractivity contribution in [2.24, 2.45) is 0 Å². The Hall–Kier alpha value is -2.78. The second-order valence-corrected chi connectivity index (χ2v) is 7.69. The van der Waals surface area contributed by atoms with E-state index in [-0.39, 0.29) is 11.5 Å². The maximum atomic E-state index is 12.3. The molecule has 0 aliphatic carbocycles. The number of fused-ring (bicyclic) bond motifs is 1. The number of rotatable bonds is 7. The first-order valence-electron chi connectivity index (χ1n) is 8.37. The molecule has 1 N–H and O–H groups in total. The van der Waals surface area contributed by atoms with Crippen molar-refractivity contribution in [3.63, 3.8) is 0 Å². The normalized spacial score (nSPS) is 11.8. The molecular weight excluding hydrogens is 398 g/mol. The second-order valence-electron chi connectivity index (χ2n) is 5.83. The number of hydrogen-bond acceptors (Lipinski definition) is 8. The molecular formula is C19H17N3O4S2. The van der Waals surface area contributed by atoms with Gasteiger partial charge in [-0.05, 0) is 37.4 Å². The highest BCUT2D eigenvalue weighted by Gasteiger charge is 2.20. The first-order chi connectivity index (χ1) is 13.5. The van der Waals surface area contributed by atoms with E-state index in [0.717, 1.165) is 10.2 Å². The molecule has 0 saturated heterocycles. The number of esters is 1. The van der Waals surface area contributed by atoms with Gasteiger partial charge >= 0.3 is 5.97 Å². The van der Waals surface area contributed by atoms with Crippen molar-refractivity contribution >= 4 is 56.7 Å². The van der Waals surface area contributed by atoms with Gasteiger partial charge in [0.05, 0.1) is 11.4 Å². The van der Waals surface area contributed by atoms with Crippen LogP contribution in [0.1, 0.15) is 24.2 Å². The van der Waals surface area contributed by atoms with Crippen LogP contribution in [0.15, 0.2) is 47.1 Å². The standard InChI is InChI=1S/C19H17N3O4S2/c1-11(23)13-5-3-4-6-15(13)22-17(25)12(2)26-16(24)9-28-19-14-7-8-27-18(14)20-10-21-19/h3-8,10,12H,9H2,1-2H3,(H,22,25)/t12-/m1/s1. The van der Waals surface area contributed by atoms with Crippen molar-refractivity contribution in [1.29, 1.82) is 0 Å². The summed E-state index contributed by atoms with van der Waals surface area (Å²) in [5, 5.41) is 6.11. The fraction of sp³-hybridized carbons (Fsp3) is 0.211. The van der Waals surface area contributed by atoms with Gasteiger partial charge in [-0.15, -0.1) is 11.3 Å². The number of Topliss-reactive ketones (excluding diaryl/α,β-unsaturated/α-hetero) is 1. The summed E-state index contributed by atoms with van der Waals surface area (Å²) in [6, 6.07) is 8.57. The van der Waals surface area contributed by atoms with E-state index in [2.05, 4.69) is 15.3 Å². The molecule has 0 radical (unpaired) electrons. The molecule has 28 heavy (non-hydrogen) atoms. The lowest BCUT2D eigenvalue weighted by Crippen LogP contribution is -2.31. The van der Waals surface area contributed by atoms with Crippen LogP contribution in [0.4, 0.5) is 5.69 Å². The Morgan fingerprint density at radius 1 is 1.21 bits per heavy atom. The van der Waals surface area contributed by atoms with Crippen LogP contribution in [0.5, 0.6) is 0 Å². The van der Waals surface area contributed by atoms with E-state index in [4.69, 9.17) is 4.74 Å². The average Bonchev–Trinajstić information content (AvgIpc) is 3.16. The van der Waals surface area contributed by atoms with Crippen molar-refractivity contribution in [3.05, 3.63) is 47.6 Å². The molecule has 3 rings (SSSR count). The third-order valence-electron chi connectivity index (χ3n) is 3.79. The number of carbonyl (C=O) groups is 3. The number of benzene rings is 1. The predicted molar refractivity (Wildman–Crippen MR) is 109 cm³/mol. The Labute approximate surface area is 169 Å². The first kappa shape index (κ1) is 20.0. The van der Waals surface area contributed by atoms with Crippen LogP contribution in [-0.4, -0.2) is 39.5 Å². The van der Waals surface area contributed by atoms with Gasteiger partial charge in [-0.1, -0.05) is 23.9 Å². The highest BCUT2D eigenvalue weighted by Crippen LogP contribution is 2.27. The third kappa shape index (κ3) is 4.73. The van der Waals surface area contributed by atoms with Gasteiger partial charge in [0, 0.05) is 10.9 Å². The number of ether oxygens (including phenoxy) is 1. The maximum absolute atomic E-state index is 12.3. The van der Waals surface area contributed by atoms with Crippen LogP contribution >= 0.6 is 23.1 Å². The van der Waals surface area contributed by atoms with Crippen molar-refractivity contribution in [1.82, 2.24) is 9.97 Å². The summed E-state index contributed by atoms with van der Waals surface area (Å²) in [6.07, 6.45) is 0.453. The Kier molecular flexibility index (Phi) is 6.37. The van der Waals surface area contributed by atoms with E-state index >= 15 is 0 Å². The molecule has 0 fully saturated rings. The number of anilines is 1. The molecule has 2 heterocycles. The van der Waals surface area contributed by atoms with E-state index in [1.54, 1.807) is 24.3 Å². The molecule has 9 heteroatoms. The Morgan fingerprint density at radius 3 is 2.79 bits per heavy atom. The molecule has 1 aromatic carbocycles. The minimum Gasteiger partial charge on any atom is -0.452 e. The molecule has 0 spiro atoms. The number of aromatic nitrogens is 2. The van der Waals surface area contributed by atoms with Gasteiger partial charge in [-0.2, -0.15) is 0 Å². The Bertz CT molecular complexity index is 1030. The number of nitrogens with one attached hydrogen (secondary N) is 1. The summed E-state index contributed by atoms with van der Waals surface area (Å²) in [5.74, 6) is -1.19. The largest absolute Gasteiger partial charge is 0.452 e. The summed E-state index contributed by atoms with van der Waals surface area (Å²) in [5.41, 5.74) is 0.784. The number of nitrogens with zero attached hydrogens (tertiary/aromatic N) is 2. The molecule has 144 valence electrons. The second kappa shape index (κ2) is 8.94. The van der Waals surface area contributed by atoms with Crippen LogP contribution in [0.2, 0.25) is 0 Å². The quantitative estimate of drug-likeness (QED) is 0.273. The van der Waals surface area contributed by atoms with Crippen LogP contribution < -0.4 is 5.32 Å². The highest BCUT2D eigenvalue weighted by molar-refractivity contribution is 8.00. The van der Waals surface area contributed by atoms with Crippen LogP contribution in [0, 0.1) is 0 Å². The lowest BCUT2D eigenvalue weighted by atomic mass is 10.1. The summed E-state index contributed by atoms with van der Waals surface area (Å²) in [4.78, 5) is 45.3. The Morgan fingerprint density at radius 2 is 2.00 bits per heavy atom. The van der Waals surface area contributed by atoms with E-state index < -0.39 is 18.0 Å². The van der Waals surface area contributed by atoms with Gasteiger partial charge in [0.1, 0.15) is 16.2 Å². The van der Waals surface area contributed by atoms with Gasteiger partial charge in [-0.25, -0.2) is 9.97 Å². The van der Waals surface area contributed by atoms with Crippen LogP contribution in [0.25, 0.3) is 10.2 Å². The summed E-state index contributed by atoms with van der Waals surface area (Å²) < 4.78 is 5.20. The third-order valence-corrected chi connectivity index (χ3v) is 5.59. The highest BCUT2D eigenvalue weighted by atomic mass is 32.2. The molecule has 0 aliphatic rings.